The highest BCUT2D eigenvalue weighted by atomic mass is 16.5. The highest BCUT2D eigenvalue weighted by molar-refractivity contribution is 5.70. The summed E-state index contributed by atoms with van der Waals surface area (Å²) in [6.45, 7) is 2.06. The Hall–Kier alpha value is -2.09. The molecule has 0 aliphatic carbocycles. The number of rotatable bonds is 3. The monoisotopic (exact) mass is 225 g/mol. The lowest BCUT2D eigenvalue weighted by molar-refractivity contribution is 0.414. The molecule has 0 aliphatic heterocycles. The molecule has 0 unspecified atom stereocenters. The fourth-order valence-electron chi connectivity index (χ4n) is 1.66. The first-order chi connectivity index (χ1) is 8.28. The van der Waals surface area contributed by atoms with Crippen LogP contribution in [0.25, 0.3) is 12.2 Å². The lowest BCUT2D eigenvalue weighted by Crippen LogP contribution is -1.85. The van der Waals surface area contributed by atoms with Crippen LogP contribution in [0.5, 0.6) is 5.75 Å². The fraction of sp³-hybridized carbons (Fsp3) is 0.133. The number of benzene rings is 1. The number of hydrogen-bond donors (Lipinski definition) is 0. The van der Waals surface area contributed by atoms with Gasteiger partial charge in [-0.15, -0.1) is 0 Å². The molecule has 86 valence electrons. The van der Waals surface area contributed by atoms with Gasteiger partial charge in [0.2, 0.25) is 0 Å². The number of ether oxygens (including phenoxy) is 1. The van der Waals surface area contributed by atoms with Crippen molar-refractivity contribution in [2.75, 3.05) is 7.11 Å². The third kappa shape index (κ3) is 3.18. The Morgan fingerprint density at radius 3 is 2.41 bits per heavy atom. The van der Waals surface area contributed by atoms with Gasteiger partial charge in [0.05, 0.1) is 7.11 Å². The van der Waals surface area contributed by atoms with Crippen molar-refractivity contribution in [3.8, 4) is 5.75 Å². The molecule has 1 heterocycles. The van der Waals surface area contributed by atoms with Crippen LogP contribution in [0.3, 0.4) is 0 Å². The Bertz CT molecular complexity index is 518. The van der Waals surface area contributed by atoms with Crippen LogP contribution in [-0.2, 0) is 0 Å². The van der Waals surface area contributed by atoms with E-state index in [1.165, 1.54) is 5.56 Å². The summed E-state index contributed by atoms with van der Waals surface area (Å²) in [5.74, 6) is 0.888. The summed E-state index contributed by atoms with van der Waals surface area (Å²) in [6.07, 6.45) is 7.72. The molecule has 0 saturated heterocycles. The molecule has 1 aromatic carbocycles. The number of aryl methyl sites for hydroxylation is 1. The topological polar surface area (TPSA) is 22.1 Å². The van der Waals surface area contributed by atoms with E-state index in [1.54, 1.807) is 19.5 Å². The molecule has 2 nitrogen and oxygen atoms in total. The average Bonchev–Trinajstić information content (AvgIpc) is 2.37. The Balaban J connectivity index is 2.24. The fourth-order valence-corrected chi connectivity index (χ4v) is 1.66. The minimum absolute atomic E-state index is 0.888. The molecular weight excluding hydrogens is 210 g/mol. The first kappa shape index (κ1) is 11.4. The van der Waals surface area contributed by atoms with E-state index in [-0.39, 0.29) is 0 Å². The van der Waals surface area contributed by atoms with Crippen LogP contribution < -0.4 is 4.74 Å². The number of pyridine rings is 1. The minimum atomic E-state index is 0.888. The van der Waals surface area contributed by atoms with E-state index in [2.05, 4.69) is 30.1 Å². The maximum Gasteiger partial charge on any atom is 0.119 e. The van der Waals surface area contributed by atoms with Crippen LogP contribution in [0.15, 0.2) is 42.7 Å². The first-order valence-corrected chi connectivity index (χ1v) is 5.52. The van der Waals surface area contributed by atoms with Crippen LogP contribution >= 0.6 is 0 Å². The molecule has 2 heteroatoms. The van der Waals surface area contributed by atoms with E-state index < -0.39 is 0 Å². The van der Waals surface area contributed by atoms with Gasteiger partial charge in [-0.1, -0.05) is 18.2 Å². The Labute approximate surface area is 102 Å². The highest BCUT2D eigenvalue weighted by Gasteiger charge is 1.95. The SMILES string of the molecule is COc1cc(C)cc(C=Cc2ccncc2)c1. The van der Waals surface area contributed by atoms with Gasteiger partial charge in [-0.05, 0) is 47.9 Å². The van der Waals surface area contributed by atoms with Crippen molar-refractivity contribution in [2.45, 2.75) is 6.92 Å². The van der Waals surface area contributed by atoms with E-state index in [1.807, 2.05) is 24.3 Å². The van der Waals surface area contributed by atoms with Crippen LogP contribution in [0.4, 0.5) is 0 Å². The normalized spacial score (nSPS) is 10.7. The van der Waals surface area contributed by atoms with Crippen molar-refractivity contribution in [1.82, 2.24) is 4.98 Å². The van der Waals surface area contributed by atoms with E-state index in [4.69, 9.17) is 4.74 Å². The third-order valence-electron chi connectivity index (χ3n) is 2.48. The van der Waals surface area contributed by atoms with E-state index >= 15 is 0 Å². The number of nitrogens with zero attached hydrogens (tertiary/aromatic N) is 1. The van der Waals surface area contributed by atoms with Gasteiger partial charge in [0.15, 0.2) is 0 Å². The molecular formula is C15H15NO. The molecule has 0 amide bonds. The number of aromatic nitrogens is 1. The highest BCUT2D eigenvalue weighted by Crippen LogP contribution is 2.18. The molecule has 2 rings (SSSR count). The lowest BCUT2D eigenvalue weighted by Gasteiger charge is -2.03. The van der Waals surface area contributed by atoms with Gasteiger partial charge in [0.1, 0.15) is 5.75 Å². The zero-order valence-corrected chi connectivity index (χ0v) is 10.1. The van der Waals surface area contributed by atoms with Gasteiger partial charge in [0, 0.05) is 12.4 Å². The molecule has 0 spiro atoms. The summed E-state index contributed by atoms with van der Waals surface area (Å²) in [5, 5.41) is 0. The summed E-state index contributed by atoms with van der Waals surface area (Å²) in [6, 6.07) is 10.1. The summed E-state index contributed by atoms with van der Waals surface area (Å²) in [7, 11) is 1.69. The van der Waals surface area contributed by atoms with Crippen LogP contribution in [0.1, 0.15) is 16.7 Å². The Morgan fingerprint density at radius 2 is 1.71 bits per heavy atom. The summed E-state index contributed by atoms with van der Waals surface area (Å²) in [5.41, 5.74) is 3.47. The molecule has 1 aromatic heterocycles. The van der Waals surface area contributed by atoms with Gasteiger partial charge >= 0.3 is 0 Å². The maximum atomic E-state index is 5.24. The quantitative estimate of drug-likeness (QED) is 0.796. The second kappa shape index (κ2) is 5.30. The predicted octanol–water partition coefficient (Wildman–Crippen LogP) is 3.57. The Morgan fingerprint density at radius 1 is 1.00 bits per heavy atom. The van der Waals surface area contributed by atoms with Crippen molar-refractivity contribution in [3.63, 3.8) is 0 Å². The molecule has 0 saturated carbocycles. The summed E-state index contributed by atoms with van der Waals surface area (Å²) in [4.78, 5) is 3.99. The van der Waals surface area contributed by atoms with Gasteiger partial charge in [0.25, 0.3) is 0 Å². The number of hydrogen-bond acceptors (Lipinski definition) is 2. The van der Waals surface area contributed by atoms with E-state index in [0.29, 0.717) is 0 Å². The molecule has 0 fully saturated rings. The molecule has 0 bridgehead atoms. The van der Waals surface area contributed by atoms with Crippen LogP contribution in [-0.4, -0.2) is 12.1 Å². The average molecular weight is 225 g/mol. The second-order valence-corrected chi connectivity index (χ2v) is 3.90. The molecule has 0 atom stereocenters. The van der Waals surface area contributed by atoms with Gasteiger partial charge in [-0.25, -0.2) is 0 Å². The zero-order valence-electron chi connectivity index (χ0n) is 10.1. The lowest BCUT2D eigenvalue weighted by atomic mass is 10.1. The van der Waals surface area contributed by atoms with Gasteiger partial charge in [-0.3, -0.25) is 4.98 Å². The van der Waals surface area contributed by atoms with Crippen molar-refractivity contribution >= 4 is 12.2 Å². The second-order valence-electron chi connectivity index (χ2n) is 3.90. The molecule has 0 N–H and O–H groups in total. The smallest absolute Gasteiger partial charge is 0.119 e. The van der Waals surface area contributed by atoms with Crippen molar-refractivity contribution < 1.29 is 4.74 Å². The maximum absolute atomic E-state index is 5.24. The molecule has 17 heavy (non-hydrogen) atoms. The predicted molar refractivity (Wildman–Crippen MR) is 70.9 cm³/mol. The standard InChI is InChI=1S/C15H15NO/c1-12-9-14(11-15(10-12)17-2)4-3-13-5-7-16-8-6-13/h3-11H,1-2H3. The van der Waals surface area contributed by atoms with Crippen LogP contribution in [0, 0.1) is 6.92 Å². The third-order valence-corrected chi connectivity index (χ3v) is 2.48. The largest absolute Gasteiger partial charge is 0.497 e. The first-order valence-electron chi connectivity index (χ1n) is 5.52. The van der Waals surface area contributed by atoms with Gasteiger partial charge < -0.3 is 4.74 Å². The van der Waals surface area contributed by atoms with Gasteiger partial charge in [-0.2, -0.15) is 0 Å². The van der Waals surface area contributed by atoms with Crippen molar-refractivity contribution in [2.24, 2.45) is 0 Å². The molecule has 0 radical (unpaired) electrons. The number of methoxy groups -OCH3 is 1. The van der Waals surface area contributed by atoms with E-state index in [0.717, 1.165) is 16.9 Å². The molecule has 2 aromatic rings. The van der Waals surface area contributed by atoms with E-state index in [9.17, 15) is 0 Å². The van der Waals surface area contributed by atoms with Crippen molar-refractivity contribution in [3.05, 3.63) is 59.4 Å². The molecule has 0 aliphatic rings. The Kier molecular flexibility index (Phi) is 3.55. The van der Waals surface area contributed by atoms with Crippen LogP contribution in [0.2, 0.25) is 0 Å². The summed E-state index contributed by atoms with van der Waals surface area (Å²) < 4.78 is 5.24. The van der Waals surface area contributed by atoms with Crippen molar-refractivity contribution in [1.29, 1.82) is 0 Å². The summed E-state index contributed by atoms with van der Waals surface area (Å²) >= 11 is 0. The zero-order chi connectivity index (χ0) is 12.1. The minimum Gasteiger partial charge on any atom is -0.497 e.